The molecule has 0 fully saturated rings. The Labute approximate surface area is 96.7 Å². The maximum atomic E-state index is 11.6. The second-order valence-electron chi connectivity index (χ2n) is 3.09. The van der Waals surface area contributed by atoms with E-state index in [1.807, 2.05) is 24.3 Å². The minimum absolute atomic E-state index is 0.191. The second kappa shape index (κ2) is 4.40. The maximum absolute atomic E-state index is 11.6. The molecule has 0 aromatic heterocycles. The van der Waals surface area contributed by atoms with Gasteiger partial charge in [-0.2, -0.15) is 0 Å². The first-order valence-corrected chi connectivity index (χ1v) is 5.40. The van der Waals surface area contributed by atoms with E-state index < -0.39 is 5.97 Å². The van der Waals surface area contributed by atoms with E-state index in [-0.39, 0.29) is 10.8 Å². The largest absolute Gasteiger partial charge is 0.466 e. The molecule has 1 aromatic rings. The van der Waals surface area contributed by atoms with E-state index in [0.717, 1.165) is 28.4 Å². The summed E-state index contributed by atoms with van der Waals surface area (Å²) in [4.78, 5) is 23.5. The van der Waals surface area contributed by atoms with Gasteiger partial charge in [0.15, 0.2) is 0 Å². The summed E-state index contributed by atoms with van der Waals surface area (Å²) < 4.78 is 4.47. The third-order valence-corrected chi connectivity index (χ3v) is 3.02. The Kier molecular flexibility index (Phi) is 2.96. The number of ether oxygens (including phenoxy) is 1. The van der Waals surface area contributed by atoms with Gasteiger partial charge < -0.3 is 10.1 Å². The van der Waals surface area contributed by atoms with Crippen LogP contribution in [0.2, 0.25) is 0 Å². The van der Waals surface area contributed by atoms with Crippen LogP contribution in [0.5, 0.6) is 0 Å². The Bertz CT molecular complexity index is 482. The van der Waals surface area contributed by atoms with Gasteiger partial charge in [0.25, 0.3) is 0 Å². The van der Waals surface area contributed by atoms with Crippen LogP contribution in [-0.2, 0) is 14.3 Å². The van der Waals surface area contributed by atoms with E-state index in [9.17, 15) is 9.59 Å². The van der Waals surface area contributed by atoms with Gasteiger partial charge in [0.2, 0.25) is 5.12 Å². The summed E-state index contributed by atoms with van der Waals surface area (Å²) in [5.74, 6) is -0.546. The molecular weight excluding hydrogens is 226 g/mol. The van der Waals surface area contributed by atoms with Crippen molar-refractivity contribution in [3.63, 3.8) is 0 Å². The molecule has 82 valence electrons. The van der Waals surface area contributed by atoms with E-state index in [0.29, 0.717) is 0 Å². The van der Waals surface area contributed by atoms with Crippen LogP contribution in [0.3, 0.4) is 0 Å². The van der Waals surface area contributed by atoms with Crippen molar-refractivity contribution < 1.29 is 14.3 Å². The summed E-state index contributed by atoms with van der Waals surface area (Å²) in [6.45, 7) is 0. The van der Waals surface area contributed by atoms with E-state index in [4.69, 9.17) is 0 Å². The zero-order valence-electron chi connectivity index (χ0n) is 8.52. The van der Waals surface area contributed by atoms with Crippen LogP contribution in [0.25, 0.3) is 0 Å². The first-order chi connectivity index (χ1) is 7.70. The first-order valence-electron chi connectivity index (χ1n) is 4.58. The van der Waals surface area contributed by atoms with Crippen LogP contribution < -0.4 is 5.32 Å². The molecule has 1 aliphatic rings. The van der Waals surface area contributed by atoms with Gasteiger partial charge in [-0.25, -0.2) is 4.79 Å². The van der Waals surface area contributed by atoms with Crippen LogP contribution in [0.4, 0.5) is 5.69 Å². The average Bonchev–Trinajstić information content (AvgIpc) is 2.30. The SMILES string of the molecule is COC(=O)/C=C1\Nc2ccccc2SC1=O. The lowest BCUT2D eigenvalue weighted by atomic mass is 10.3. The van der Waals surface area contributed by atoms with Crippen molar-refractivity contribution in [3.8, 4) is 0 Å². The van der Waals surface area contributed by atoms with Gasteiger partial charge in [-0.3, -0.25) is 4.79 Å². The van der Waals surface area contributed by atoms with Crippen molar-refractivity contribution in [1.29, 1.82) is 0 Å². The number of thioether (sulfide) groups is 1. The number of benzene rings is 1. The van der Waals surface area contributed by atoms with Crippen LogP contribution in [0.15, 0.2) is 40.9 Å². The predicted molar refractivity (Wildman–Crippen MR) is 61.0 cm³/mol. The number of fused-ring (bicyclic) bond motifs is 1. The van der Waals surface area contributed by atoms with Crippen LogP contribution in [0.1, 0.15) is 0 Å². The molecule has 2 rings (SSSR count). The van der Waals surface area contributed by atoms with Crippen molar-refractivity contribution >= 4 is 28.5 Å². The molecular formula is C11H9NO3S. The summed E-state index contributed by atoms with van der Waals surface area (Å²) in [7, 11) is 1.27. The molecule has 0 atom stereocenters. The smallest absolute Gasteiger partial charge is 0.332 e. The highest BCUT2D eigenvalue weighted by Gasteiger charge is 2.21. The predicted octanol–water partition coefficient (Wildman–Crippen LogP) is 1.79. The lowest BCUT2D eigenvalue weighted by Gasteiger charge is -2.18. The van der Waals surface area contributed by atoms with Gasteiger partial charge in [-0.15, -0.1) is 0 Å². The lowest BCUT2D eigenvalue weighted by molar-refractivity contribution is -0.135. The van der Waals surface area contributed by atoms with Gasteiger partial charge in [0.05, 0.1) is 18.9 Å². The molecule has 0 saturated heterocycles. The number of nitrogens with one attached hydrogen (secondary N) is 1. The third kappa shape index (κ3) is 2.09. The standard InChI is InChI=1S/C11H9NO3S/c1-15-10(13)6-8-11(14)16-9-5-3-2-4-7(9)12-8/h2-6,12H,1H3/b8-6-. The van der Waals surface area contributed by atoms with E-state index in [1.165, 1.54) is 7.11 Å². The summed E-state index contributed by atoms with van der Waals surface area (Å²) in [6.07, 6.45) is 1.16. The Hall–Kier alpha value is -1.75. The van der Waals surface area contributed by atoms with Crippen LogP contribution in [0, 0.1) is 0 Å². The Balaban J connectivity index is 2.31. The van der Waals surface area contributed by atoms with Crippen LogP contribution in [-0.4, -0.2) is 18.2 Å². The maximum Gasteiger partial charge on any atom is 0.332 e. The monoisotopic (exact) mass is 235 g/mol. The molecule has 0 aliphatic carbocycles. The number of esters is 1. The zero-order valence-corrected chi connectivity index (χ0v) is 9.34. The molecule has 1 heterocycles. The van der Waals surface area contributed by atoms with Gasteiger partial charge >= 0.3 is 5.97 Å². The number of hydrogen-bond acceptors (Lipinski definition) is 5. The zero-order chi connectivity index (χ0) is 11.5. The Morgan fingerprint density at radius 1 is 1.44 bits per heavy atom. The quantitative estimate of drug-likeness (QED) is 0.594. The van der Waals surface area contributed by atoms with Crippen molar-refractivity contribution in [2.75, 3.05) is 12.4 Å². The molecule has 0 radical (unpaired) electrons. The minimum atomic E-state index is -0.546. The number of para-hydroxylation sites is 1. The Morgan fingerprint density at radius 3 is 2.94 bits per heavy atom. The molecule has 4 nitrogen and oxygen atoms in total. The number of hydrogen-bond donors (Lipinski definition) is 1. The summed E-state index contributed by atoms with van der Waals surface area (Å²) in [5.41, 5.74) is 1.07. The number of anilines is 1. The fourth-order valence-corrected chi connectivity index (χ4v) is 2.08. The van der Waals surface area contributed by atoms with Crippen LogP contribution >= 0.6 is 11.8 Å². The minimum Gasteiger partial charge on any atom is -0.466 e. The topological polar surface area (TPSA) is 55.4 Å². The number of carbonyl (C=O) groups is 2. The molecule has 1 aliphatic heterocycles. The molecule has 0 spiro atoms. The van der Waals surface area contributed by atoms with Crippen molar-refractivity contribution in [3.05, 3.63) is 36.0 Å². The van der Waals surface area contributed by atoms with Crippen molar-refractivity contribution in [1.82, 2.24) is 0 Å². The molecule has 0 unspecified atom stereocenters. The number of carbonyl (C=O) groups excluding carboxylic acids is 2. The molecule has 16 heavy (non-hydrogen) atoms. The van der Waals surface area contributed by atoms with E-state index >= 15 is 0 Å². The normalized spacial score (nSPS) is 16.6. The molecule has 1 aromatic carbocycles. The fourth-order valence-electron chi connectivity index (χ4n) is 1.28. The summed E-state index contributed by atoms with van der Waals surface area (Å²) in [5, 5.41) is 2.71. The number of methoxy groups -OCH3 is 1. The van der Waals surface area contributed by atoms with Crippen molar-refractivity contribution in [2.24, 2.45) is 0 Å². The van der Waals surface area contributed by atoms with Crippen molar-refractivity contribution in [2.45, 2.75) is 4.90 Å². The third-order valence-electron chi connectivity index (χ3n) is 2.04. The molecule has 5 heteroatoms. The molecule has 0 saturated carbocycles. The van der Waals surface area contributed by atoms with E-state index in [2.05, 4.69) is 10.1 Å². The van der Waals surface area contributed by atoms with Gasteiger partial charge in [-0.1, -0.05) is 12.1 Å². The summed E-state index contributed by atoms with van der Waals surface area (Å²) in [6, 6.07) is 7.41. The first kappa shape index (κ1) is 10.8. The van der Waals surface area contributed by atoms with Gasteiger partial charge in [-0.05, 0) is 23.9 Å². The molecule has 0 bridgehead atoms. The fraction of sp³-hybridized carbons (Fsp3) is 0.0909. The lowest BCUT2D eigenvalue weighted by Crippen LogP contribution is -2.15. The highest BCUT2D eigenvalue weighted by atomic mass is 32.2. The average molecular weight is 235 g/mol. The number of rotatable bonds is 1. The highest BCUT2D eigenvalue weighted by molar-refractivity contribution is 8.14. The summed E-state index contributed by atoms with van der Waals surface area (Å²) >= 11 is 1.09. The molecule has 0 amide bonds. The molecule has 1 N–H and O–H groups in total. The van der Waals surface area contributed by atoms with Gasteiger partial charge in [0, 0.05) is 4.90 Å². The Morgan fingerprint density at radius 2 is 2.19 bits per heavy atom. The van der Waals surface area contributed by atoms with E-state index in [1.54, 1.807) is 0 Å². The van der Waals surface area contributed by atoms with Gasteiger partial charge in [0.1, 0.15) is 5.70 Å². The highest BCUT2D eigenvalue weighted by Crippen LogP contribution is 2.34. The second-order valence-corrected chi connectivity index (χ2v) is 4.11.